The lowest BCUT2D eigenvalue weighted by atomic mass is 9.99. The lowest BCUT2D eigenvalue weighted by Gasteiger charge is -2.29. The second kappa shape index (κ2) is 6.12. The van der Waals surface area contributed by atoms with Crippen LogP contribution in [0.5, 0.6) is 0 Å². The summed E-state index contributed by atoms with van der Waals surface area (Å²) in [5.74, 6) is -1.61. The molecule has 1 N–H and O–H groups in total. The van der Waals surface area contributed by atoms with E-state index in [4.69, 9.17) is 5.11 Å². The fourth-order valence-electron chi connectivity index (χ4n) is 2.54. The van der Waals surface area contributed by atoms with E-state index in [0.717, 1.165) is 16.4 Å². The fourth-order valence-corrected chi connectivity index (χ4v) is 4.26. The zero-order valence-corrected chi connectivity index (χ0v) is 13.1. The first kappa shape index (κ1) is 17.7. The van der Waals surface area contributed by atoms with Crippen molar-refractivity contribution in [2.75, 3.05) is 13.1 Å². The van der Waals surface area contributed by atoms with Gasteiger partial charge in [0.25, 0.3) is 0 Å². The molecule has 0 unspecified atom stereocenters. The van der Waals surface area contributed by atoms with Crippen molar-refractivity contribution in [3.63, 3.8) is 0 Å². The van der Waals surface area contributed by atoms with Crippen molar-refractivity contribution in [3.8, 4) is 0 Å². The van der Waals surface area contributed by atoms with Crippen LogP contribution in [0.1, 0.15) is 24.0 Å². The van der Waals surface area contributed by atoms with Crippen LogP contribution < -0.4 is 0 Å². The molecule has 0 amide bonds. The van der Waals surface area contributed by atoms with E-state index in [2.05, 4.69) is 0 Å². The highest BCUT2D eigenvalue weighted by molar-refractivity contribution is 7.89. The van der Waals surface area contributed by atoms with Gasteiger partial charge in [0.1, 0.15) is 0 Å². The number of hydrogen-bond acceptors (Lipinski definition) is 3. The first-order chi connectivity index (χ1) is 10.5. The maximum absolute atomic E-state index is 12.8. The van der Waals surface area contributed by atoms with E-state index in [-0.39, 0.29) is 36.4 Å². The number of piperidine rings is 1. The van der Waals surface area contributed by atoms with Gasteiger partial charge in [-0.2, -0.15) is 17.5 Å². The van der Waals surface area contributed by atoms with Crippen molar-refractivity contribution < 1.29 is 31.5 Å². The first-order valence-electron chi connectivity index (χ1n) is 6.94. The molecular formula is C14H16F3NO4S. The van der Waals surface area contributed by atoms with Crippen LogP contribution in [0, 0.1) is 12.8 Å². The molecule has 1 saturated heterocycles. The van der Waals surface area contributed by atoms with Gasteiger partial charge in [0.05, 0.1) is 16.4 Å². The largest absolute Gasteiger partial charge is 0.481 e. The summed E-state index contributed by atoms with van der Waals surface area (Å²) in [7, 11) is -4.08. The molecule has 1 fully saturated rings. The minimum atomic E-state index is -4.63. The molecule has 0 aliphatic carbocycles. The van der Waals surface area contributed by atoms with E-state index in [0.29, 0.717) is 6.07 Å². The Kier molecular flexibility index (Phi) is 4.72. The molecule has 2 rings (SSSR count). The lowest BCUT2D eigenvalue weighted by molar-refractivity contribution is -0.143. The van der Waals surface area contributed by atoms with E-state index >= 15 is 0 Å². The third-order valence-electron chi connectivity index (χ3n) is 3.94. The van der Waals surface area contributed by atoms with Gasteiger partial charge in [0.15, 0.2) is 0 Å². The highest BCUT2D eigenvalue weighted by atomic mass is 32.2. The molecule has 128 valence electrons. The maximum atomic E-state index is 12.8. The molecule has 0 spiro atoms. The van der Waals surface area contributed by atoms with Gasteiger partial charge in [-0.05, 0) is 37.5 Å². The number of aliphatic carboxylic acids is 1. The van der Waals surface area contributed by atoms with Crippen LogP contribution in [-0.2, 0) is 21.0 Å². The van der Waals surface area contributed by atoms with Crippen LogP contribution in [0.2, 0.25) is 0 Å². The highest BCUT2D eigenvalue weighted by Crippen LogP contribution is 2.33. The van der Waals surface area contributed by atoms with E-state index in [9.17, 15) is 26.4 Å². The Morgan fingerprint density at radius 3 is 2.30 bits per heavy atom. The SMILES string of the molecule is Cc1ccc(C(F)(F)F)cc1S(=O)(=O)N1CCC(C(=O)O)CC1. The van der Waals surface area contributed by atoms with Crippen molar-refractivity contribution >= 4 is 16.0 Å². The molecule has 0 atom stereocenters. The Bertz CT molecular complexity index is 707. The maximum Gasteiger partial charge on any atom is 0.416 e. The summed E-state index contributed by atoms with van der Waals surface area (Å²) in [6, 6.07) is 2.60. The molecule has 0 saturated carbocycles. The Labute approximate surface area is 131 Å². The molecule has 5 nitrogen and oxygen atoms in total. The average molecular weight is 351 g/mol. The van der Waals surface area contributed by atoms with E-state index < -0.39 is 33.7 Å². The van der Waals surface area contributed by atoms with Gasteiger partial charge >= 0.3 is 12.1 Å². The quantitative estimate of drug-likeness (QED) is 0.908. The molecule has 23 heavy (non-hydrogen) atoms. The summed E-state index contributed by atoms with van der Waals surface area (Å²) in [5.41, 5.74) is -0.805. The van der Waals surface area contributed by atoms with Gasteiger partial charge < -0.3 is 5.11 Å². The number of alkyl halides is 3. The zero-order valence-electron chi connectivity index (χ0n) is 12.3. The monoisotopic (exact) mass is 351 g/mol. The van der Waals surface area contributed by atoms with Crippen molar-refractivity contribution in [2.45, 2.75) is 30.8 Å². The van der Waals surface area contributed by atoms with Gasteiger partial charge in [0.2, 0.25) is 10.0 Å². The number of hydrogen-bond donors (Lipinski definition) is 1. The lowest BCUT2D eigenvalue weighted by Crippen LogP contribution is -2.40. The number of halogens is 3. The van der Waals surface area contributed by atoms with Gasteiger partial charge in [-0.3, -0.25) is 4.79 Å². The third-order valence-corrected chi connectivity index (χ3v) is 5.98. The van der Waals surface area contributed by atoms with Crippen LogP contribution >= 0.6 is 0 Å². The first-order valence-corrected chi connectivity index (χ1v) is 8.38. The normalized spacial score (nSPS) is 18.1. The van der Waals surface area contributed by atoms with E-state index in [1.807, 2.05) is 0 Å². The number of carboxylic acid groups (broad SMARTS) is 1. The zero-order chi connectivity index (χ0) is 17.4. The van der Waals surface area contributed by atoms with Gasteiger partial charge in [0, 0.05) is 13.1 Å². The number of carbonyl (C=O) groups is 1. The predicted octanol–water partition coefficient (Wildman–Crippen LogP) is 2.50. The average Bonchev–Trinajstić information content (AvgIpc) is 2.46. The van der Waals surface area contributed by atoms with Gasteiger partial charge in [-0.25, -0.2) is 8.42 Å². The Balaban J connectivity index is 2.32. The minimum absolute atomic E-state index is 0.0189. The number of aryl methyl sites for hydroxylation is 1. The van der Waals surface area contributed by atoms with Crippen molar-refractivity contribution in [3.05, 3.63) is 29.3 Å². The highest BCUT2D eigenvalue weighted by Gasteiger charge is 2.36. The Morgan fingerprint density at radius 1 is 1.26 bits per heavy atom. The second-order valence-corrected chi connectivity index (χ2v) is 7.40. The second-order valence-electron chi connectivity index (χ2n) is 5.49. The summed E-state index contributed by atoms with van der Waals surface area (Å²) in [4.78, 5) is 10.5. The van der Waals surface area contributed by atoms with Gasteiger partial charge in [-0.15, -0.1) is 0 Å². The molecule has 1 aliphatic rings. The van der Waals surface area contributed by atoms with Crippen molar-refractivity contribution in [1.82, 2.24) is 4.31 Å². The van der Waals surface area contributed by atoms with E-state index in [1.54, 1.807) is 0 Å². The number of nitrogens with zero attached hydrogens (tertiary/aromatic N) is 1. The predicted molar refractivity (Wildman–Crippen MR) is 75.3 cm³/mol. The van der Waals surface area contributed by atoms with Crippen LogP contribution in [0.15, 0.2) is 23.1 Å². The minimum Gasteiger partial charge on any atom is -0.481 e. The molecule has 1 aromatic carbocycles. The van der Waals surface area contributed by atoms with Crippen molar-refractivity contribution in [2.24, 2.45) is 5.92 Å². The Morgan fingerprint density at radius 2 is 1.83 bits per heavy atom. The van der Waals surface area contributed by atoms with Gasteiger partial charge in [-0.1, -0.05) is 6.07 Å². The summed E-state index contributed by atoms with van der Waals surface area (Å²) in [6.45, 7) is 1.39. The van der Waals surface area contributed by atoms with Crippen LogP contribution in [0.4, 0.5) is 13.2 Å². The number of carboxylic acids is 1. The molecule has 9 heteroatoms. The molecular weight excluding hydrogens is 335 g/mol. The number of rotatable bonds is 3. The molecule has 0 radical (unpaired) electrons. The smallest absolute Gasteiger partial charge is 0.416 e. The summed E-state index contributed by atoms with van der Waals surface area (Å²) in [6.07, 6.45) is -4.34. The molecule has 1 aliphatic heterocycles. The molecule has 0 bridgehead atoms. The summed E-state index contributed by atoms with van der Waals surface area (Å²) in [5, 5.41) is 8.92. The molecule has 1 heterocycles. The third kappa shape index (κ3) is 3.66. The van der Waals surface area contributed by atoms with Crippen LogP contribution in [0.3, 0.4) is 0 Å². The topological polar surface area (TPSA) is 74.7 Å². The Hall–Kier alpha value is -1.61. The molecule has 0 aromatic heterocycles. The molecule has 1 aromatic rings. The summed E-state index contributed by atoms with van der Waals surface area (Å²) >= 11 is 0. The summed E-state index contributed by atoms with van der Waals surface area (Å²) < 4.78 is 64.6. The number of sulfonamides is 1. The van der Waals surface area contributed by atoms with Crippen LogP contribution in [0.25, 0.3) is 0 Å². The van der Waals surface area contributed by atoms with Crippen LogP contribution in [-0.4, -0.2) is 36.9 Å². The fraction of sp³-hybridized carbons (Fsp3) is 0.500. The van der Waals surface area contributed by atoms with E-state index in [1.165, 1.54) is 6.92 Å². The van der Waals surface area contributed by atoms with Crippen molar-refractivity contribution in [1.29, 1.82) is 0 Å². The standard InChI is InChI=1S/C14H16F3NO4S/c1-9-2-3-11(14(15,16)17)8-12(9)23(21,22)18-6-4-10(5-7-18)13(19)20/h2-3,8,10H,4-7H2,1H3,(H,19,20). The number of benzene rings is 1.